The summed E-state index contributed by atoms with van der Waals surface area (Å²) in [5.74, 6) is -0.0377. The van der Waals surface area contributed by atoms with Crippen LogP contribution in [0.25, 0.3) is 0 Å². The normalized spacial score (nSPS) is 14.9. The fourth-order valence-electron chi connectivity index (χ4n) is 3.67. The number of anilines is 1. The van der Waals surface area contributed by atoms with E-state index in [0.29, 0.717) is 37.7 Å². The molecule has 1 aliphatic heterocycles. The lowest BCUT2D eigenvalue weighted by atomic mass is 10.1. The molecule has 13 heteroatoms. The Hall–Kier alpha value is -2.71. The van der Waals surface area contributed by atoms with Crippen LogP contribution >= 0.6 is 0 Å². The first-order chi connectivity index (χ1) is 17.4. The van der Waals surface area contributed by atoms with Crippen LogP contribution in [0.15, 0.2) is 47.4 Å². The van der Waals surface area contributed by atoms with Crippen LogP contribution in [0.5, 0.6) is 5.75 Å². The summed E-state index contributed by atoms with van der Waals surface area (Å²) in [4.78, 5) is 12.8. The zero-order valence-corrected chi connectivity index (χ0v) is 23.1. The van der Waals surface area contributed by atoms with Gasteiger partial charge >= 0.3 is 10.2 Å². The van der Waals surface area contributed by atoms with Crippen molar-refractivity contribution < 1.29 is 31.1 Å². The van der Waals surface area contributed by atoms with Gasteiger partial charge in [0, 0.05) is 27.2 Å². The lowest BCUT2D eigenvalue weighted by Gasteiger charge is -2.28. The van der Waals surface area contributed by atoms with E-state index in [4.69, 9.17) is 9.47 Å². The minimum atomic E-state index is -3.91. The number of sulfonamides is 1. The number of rotatable bonds is 11. The molecule has 11 nitrogen and oxygen atoms in total. The molecule has 1 aliphatic rings. The molecule has 0 saturated carbocycles. The van der Waals surface area contributed by atoms with Gasteiger partial charge in [0.05, 0.1) is 30.3 Å². The molecule has 2 aromatic rings. The third-order valence-corrected chi connectivity index (χ3v) is 9.50. The molecule has 2 aromatic carbocycles. The van der Waals surface area contributed by atoms with Crippen molar-refractivity contribution >= 4 is 31.8 Å². The van der Waals surface area contributed by atoms with Crippen LogP contribution in [0.3, 0.4) is 0 Å². The van der Waals surface area contributed by atoms with Crippen LogP contribution in [0.4, 0.5) is 5.69 Å². The van der Waals surface area contributed by atoms with Crippen molar-refractivity contribution in [3.05, 3.63) is 53.6 Å². The summed E-state index contributed by atoms with van der Waals surface area (Å²) < 4.78 is 65.7. The molecule has 204 valence electrons. The maximum absolute atomic E-state index is 12.9. The largest absolute Gasteiger partial charge is 0.492 e. The van der Waals surface area contributed by atoms with Gasteiger partial charge in [-0.2, -0.15) is 17.0 Å². The molecule has 0 radical (unpaired) electrons. The molecule has 1 heterocycles. The Morgan fingerprint density at radius 3 is 2.30 bits per heavy atom. The Morgan fingerprint density at radius 2 is 1.68 bits per heavy atom. The first-order valence-corrected chi connectivity index (χ1v) is 14.6. The number of carbonyl (C=O) groups is 1. The van der Waals surface area contributed by atoms with Crippen molar-refractivity contribution in [2.24, 2.45) is 0 Å². The van der Waals surface area contributed by atoms with E-state index in [9.17, 15) is 21.6 Å². The SMILES string of the molecule is Cc1ccc(C)c(N(CC(=O)NCCOc2ccc(S(=O)(=O)N3CCOCC3)cc2)S(=O)(=O)N(C)C)c1. The highest BCUT2D eigenvalue weighted by Gasteiger charge is 2.29. The number of benzene rings is 2. The Labute approximate surface area is 219 Å². The molecule has 3 rings (SSSR count). The summed E-state index contributed by atoms with van der Waals surface area (Å²) in [5.41, 5.74) is 2.04. The minimum absolute atomic E-state index is 0.116. The lowest BCUT2D eigenvalue weighted by Crippen LogP contribution is -2.46. The third-order valence-electron chi connectivity index (χ3n) is 5.79. The smallest absolute Gasteiger partial charge is 0.304 e. The monoisotopic (exact) mass is 554 g/mol. The van der Waals surface area contributed by atoms with Crippen LogP contribution in [0.1, 0.15) is 11.1 Å². The van der Waals surface area contributed by atoms with Crippen LogP contribution in [-0.2, 0) is 29.8 Å². The molecule has 0 unspecified atom stereocenters. The molecule has 0 atom stereocenters. The van der Waals surface area contributed by atoms with E-state index in [1.807, 2.05) is 19.1 Å². The average Bonchev–Trinajstić information content (AvgIpc) is 2.87. The molecule has 0 bridgehead atoms. The van der Waals surface area contributed by atoms with E-state index in [-0.39, 0.29) is 24.6 Å². The minimum Gasteiger partial charge on any atom is -0.492 e. The van der Waals surface area contributed by atoms with Crippen LogP contribution in [0.2, 0.25) is 0 Å². The molecule has 0 aliphatic carbocycles. The number of carbonyl (C=O) groups excluding carboxylic acids is 1. The van der Waals surface area contributed by atoms with Crippen molar-refractivity contribution in [3.8, 4) is 5.75 Å². The van der Waals surface area contributed by atoms with E-state index in [0.717, 1.165) is 19.7 Å². The number of nitrogens with zero attached hydrogens (tertiary/aromatic N) is 3. The maximum Gasteiger partial charge on any atom is 0.304 e. The van der Waals surface area contributed by atoms with Crippen molar-refractivity contribution in [3.63, 3.8) is 0 Å². The fourth-order valence-corrected chi connectivity index (χ4v) is 6.19. The number of ether oxygens (including phenoxy) is 2. The molecule has 1 fully saturated rings. The summed E-state index contributed by atoms with van der Waals surface area (Å²) in [6, 6.07) is 11.5. The number of amides is 1. The quantitative estimate of drug-likeness (QED) is 0.413. The predicted molar refractivity (Wildman–Crippen MR) is 140 cm³/mol. The van der Waals surface area contributed by atoms with Gasteiger partial charge in [0.25, 0.3) is 0 Å². The van der Waals surface area contributed by atoms with Crippen molar-refractivity contribution in [1.29, 1.82) is 0 Å². The van der Waals surface area contributed by atoms with E-state index in [1.54, 1.807) is 25.1 Å². The van der Waals surface area contributed by atoms with Gasteiger partial charge in [-0.25, -0.2) is 12.7 Å². The molecule has 37 heavy (non-hydrogen) atoms. The van der Waals surface area contributed by atoms with Gasteiger partial charge in [-0.15, -0.1) is 0 Å². The van der Waals surface area contributed by atoms with Gasteiger partial charge < -0.3 is 14.8 Å². The number of hydrogen-bond acceptors (Lipinski definition) is 7. The second kappa shape index (κ2) is 12.2. The fraction of sp³-hybridized carbons (Fsp3) is 0.458. The summed E-state index contributed by atoms with van der Waals surface area (Å²) in [6.07, 6.45) is 0. The van der Waals surface area contributed by atoms with Gasteiger partial charge in [0.2, 0.25) is 15.9 Å². The number of morpholine rings is 1. The van der Waals surface area contributed by atoms with Crippen molar-refractivity contribution in [2.45, 2.75) is 18.7 Å². The Morgan fingerprint density at radius 1 is 1.03 bits per heavy atom. The van der Waals surface area contributed by atoms with Crippen molar-refractivity contribution in [2.75, 3.05) is 64.4 Å². The molecule has 1 amide bonds. The Balaban J connectivity index is 1.56. The summed E-state index contributed by atoms with van der Waals surface area (Å²) >= 11 is 0. The van der Waals surface area contributed by atoms with E-state index in [1.165, 1.54) is 30.5 Å². The van der Waals surface area contributed by atoms with Gasteiger partial charge in [0.15, 0.2) is 0 Å². The number of nitrogens with one attached hydrogen (secondary N) is 1. The van der Waals surface area contributed by atoms with E-state index < -0.39 is 26.1 Å². The lowest BCUT2D eigenvalue weighted by molar-refractivity contribution is -0.119. The second-order valence-electron chi connectivity index (χ2n) is 8.77. The van der Waals surface area contributed by atoms with Crippen LogP contribution in [-0.4, -0.2) is 91.4 Å². The predicted octanol–water partition coefficient (Wildman–Crippen LogP) is 1.13. The number of hydrogen-bond donors (Lipinski definition) is 1. The molecular formula is C24H34N4O7S2. The standard InChI is InChI=1S/C24H34N4O7S2/c1-19-5-6-20(2)23(17-19)28(37(32,33)26(3)4)18-24(29)25-11-14-35-21-7-9-22(10-8-21)36(30,31)27-12-15-34-16-13-27/h5-10,17H,11-16,18H2,1-4H3,(H,25,29). The highest BCUT2D eigenvalue weighted by Crippen LogP contribution is 2.25. The van der Waals surface area contributed by atoms with E-state index in [2.05, 4.69) is 5.32 Å². The van der Waals surface area contributed by atoms with Crippen LogP contribution in [0, 0.1) is 13.8 Å². The highest BCUT2D eigenvalue weighted by molar-refractivity contribution is 7.90. The third kappa shape index (κ3) is 7.20. The molecule has 0 aromatic heterocycles. The molecular weight excluding hydrogens is 520 g/mol. The molecule has 1 saturated heterocycles. The topological polar surface area (TPSA) is 126 Å². The van der Waals surface area contributed by atoms with Crippen molar-refractivity contribution in [1.82, 2.24) is 13.9 Å². The van der Waals surface area contributed by atoms with Gasteiger partial charge in [-0.1, -0.05) is 12.1 Å². The van der Waals surface area contributed by atoms with Gasteiger partial charge in [-0.3, -0.25) is 4.79 Å². The van der Waals surface area contributed by atoms with Gasteiger partial charge in [0.1, 0.15) is 18.9 Å². The maximum atomic E-state index is 12.9. The highest BCUT2D eigenvalue weighted by atomic mass is 32.2. The first-order valence-electron chi connectivity index (χ1n) is 11.8. The summed E-state index contributed by atoms with van der Waals surface area (Å²) in [6.45, 7) is 4.88. The zero-order chi connectivity index (χ0) is 27.2. The zero-order valence-electron chi connectivity index (χ0n) is 21.5. The molecule has 0 spiro atoms. The van der Waals surface area contributed by atoms with Gasteiger partial charge in [-0.05, 0) is 55.3 Å². The summed E-state index contributed by atoms with van der Waals surface area (Å²) in [7, 11) is -4.67. The summed E-state index contributed by atoms with van der Waals surface area (Å²) in [5, 5.41) is 2.67. The Bertz CT molecular complexity index is 1290. The number of aryl methyl sites for hydroxylation is 2. The second-order valence-corrected chi connectivity index (χ2v) is 12.8. The molecule has 1 N–H and O–H groups in total. The first kappa shape index (κ1) is 28.9. The van der Waals surface area contributed by atoms with Crippen LogP contribution < -0.4 is 14.4 Å². The average molecular weight is 555 g/mol. The van der Waals surface area contributed by atoms with E-state index >= 15 is 0 Å². The Kier molecular flexibility index (Phi) is 9.53.